The van der Waals surface area contributed by atoms with Crippen LogP contribution in [0.4, 0.5) is 17.1 Å². The van der Waals surface area contributed by atoms with Crippen LogP contribution in [0.5, 0.6) is 5.75 Å². The first kappa shape index (κ1) is 29.7. The maximum absolute atomic E-state index is 6.73. The summed E-state index contributed by atoms with van der Waals surface area (Å²) in [5.74, 6) is 1.79. The van der Waals surface area contributed by atoms with Crippen LogP contribution in [0.15, 0.2) is 120 Å². The third kappa shape index (κ3) is 5.78. The lowest BCUT2D eigenvalue weighted by atomic mass is 9.81. The molecule has 6 rings (SSSR count). The molecule has 0 radical (unpaired) electrons. The Morgan fingerprint density at radius 1 is 0.886 bits per heavy atom. The number of allylic oxidation sites excluding steroid dienone is 7. The van der Waals surface area contributed by atoms with E-state index in [1.165, 1.54) is 45.1 Å². The Labute approximate surface area is 263 Å². The van der Waals surface area contributed by atoms with Crippen LogP contribution in [0.25, 0.3) is 0 Å². The molecule has 0 spiro atoms. The Morgan fingerprint density at radius 2 is 1.66 bits per heavy atom. The summed E-state index contributed by atoms with van der Waals surface area (Å²) in [6.07, 6.45) is 15.6. The van der Waals surface area contributed by atoms with Crippen LogP contribution in [0.3, 0.4) is 0 Å². The van der Waals surface area contributed by atoms with Gasteiger partial charge in [0.15, 0.2) is 5.71 Å². The molecule has 2 N–H and O–H groups in total. The normalized spacial score (nSPS) is 19.4. The quantitative estimate of drug-likeness (QED) is 0.201. The summed E-state index contributed by atoms with van der Waals surface area (Å²) >= 11 is 0. The molecule has 0 unspecified atom stereocenters. The second kappa shape index (κ2) is 12.7. The van der Waals surface area contributed by atoms with Crippen LogP contribution in [-0.4, -0.2) is 23.4 Å². The average Bonchev–Trinajstić information content (AvgIpc) is 3.48. The fourth-order valence-electron chi connectivity index (χ4n) is 6.99. The van der Waals surface area contributed by atoms with Crippen molar-refractivity contribution in [3.63, 3.8) is 0 Å². The fraction of sp³-hybridized carbons (Fsp3) is 0.325. The molecular formula is C40H46N3O+. The van der Waals surface area contributed by atoms with Gasteiger partial charge >= 0.3 is 0 Å². The van der Waals surface area contributed by atoms with Crippen molar-refractivity contribution in [2.24, 2.45) is 0 Å². The number of hydrogen-bond donors (Lipinski definition) is 1. The van der Waals surface area contributed by atoms with Gasteiger partial charge in [0.1, 0.15) is 18.1 Å². The minimum atomic E-state index is -0.0707. The predicted molar refractivity (Wildman–Crippen MR) is 185 cm³/mol. The molecule has 2 heterocycles. The Bertz CT molecular complexity index is 1680. The monoisotopic (exact) mass is 584 g/mol. The molecule has 0 amide bonds. The zero-order chi connectivity index (χ0) is 30.7. The van der Waals surface area contributed by atoms with Crippen molar-refractivity contribution in [1.82, 2.24) is 0 Å². The number of hydrogen-bond acceptors (Lipinski definition) is 3. The van der Waals surface area contributed by atoms with Crippen LogP contribution in [0, 0.1) is 0 Å². The van der Waals surface area contributed by atoms with Crippen molar-refractivity contribution in [2.45, 2.75) is 71.6 Å². The second-order valence-electron chi connectivity index (χ2n) is 12.7. The van der Waals surface area contributed by atoms with E-state index in [-0.39, 0.29) is 5.41 Å². The van der Waals surface area contributed by atoms with E-state index in [1.807, 2.05) is 24.3 Å². The molecule has 2 aliphatic heterocycles. The summed E-state index contributed by atoms with van der Waals surface area (Å²) in [4.78, 5) is 2.49. The highest BCUT2D eigenvalue weighted by Crippen LogP contribution is 2.41. The van der Waals surface area contributed by atoms with E-state index in [0.29, 0.717) is 0 Å². The Balaban J connectivity index is 1.41. The van der Waals surface area contributed by atoms with E-state index < -0.39 is 0 Å². The van der Waals surface area contributed by atoms with E-state index in [4.69, 9.17) is 10.5 Å². The van der Waals surface area contributed by atoms with E-state index >= 15 is 0 Å². The molecule has 3 aliphatic rings. The van der Waals surface area contributed by atoms with Crippen LogP contribution in [-0.2, 0) is 11.8 Å². The lowest BCUT2D eigenvalue weighted by Gasteiger charge is -2.23. The number of para-hydroxylation sites is 2. The molecule has 0 saturated carbocycles. The van der Waals surface area contributed by atoms with Gasteiger partial charge < -0.3 is 15.4 Å². The van der Waals surface area contributed by atoms with Gasteiger partial charge in [-0.2, -0.15) is 4.58 Å². The van der Waals surface area contributed by atoms with E-state index in [9.17, 15) is 0 Å². The van der Waals surface area contributed by atoms with Crippen molar-refractivity contribution in [2.75, 3.05) is 23.7 Å². The molecule has 226 valence electrons. The molecule has 3 aromatic rings. The first-order chi connectivity index (χ1) is 21.4. The molecule has 3 aromatic carbocycles. The van der Waals surface area contributed by atoms with Crippen molar-refractivity contribution in [1.29, 1.82) is 0 Å². The molecule has 0 fully saturated rings. The lowest BCUT2D eigenvalue weighted by Crippen LogP contribution is -2.28. The number of fused-ring (bicyclic) bond motifs is 2. The van der Waals surface area contributed by atoms with Gasteiger partial charge in [-0.25, -0.2) is 0 Å². The van der Waals surface area contributed by atoms with E-state index in [1.54, 1.807) is 0 Å². The van der Waals surface area contributed by atoms with Crippen LogP contribution in [0.2, 0.25) is 0 Å². The van der Waals surface area contributed by atoms with Gasteiger partial charge in [0.2, 0.25) is 5.69 Å². The van der Waals surface area contributed by atoms with Gasteiger partial charge in [0, 0.05) is 54.2 Å². The van der Waals surface area contributed by atoms with Crippen LogP contribution in [0.1, 0.15) is 70.9 Å². The number of rotatable bonds is 9. The summed E-state index contributed by atoms with van der Waals surface area (Å²) in [7, 11) is 0. The third-order valence-corrected chi connectivity index (χ3v) is 9.19. The number of nitrogen functional groups attached to an aromatic ring is 1. The smallest absolute Gasteiger partial charge is 0.209 e. The van der Waals surface area contributed by atoms with E-state index in [2.05, 4.69) is 110 Å². The highest BCUT2D eigenvalue weighted by Gasteiger charge is 2.43. The fourth-order valence-corrected chi connectivity index (χ4v) is 6.99. The molecule has 4 heteroatoms. The third-order valence-electron chi connectivity index (χ3n) is 9.19. The first-order valence-electron chi connectivity index (χ1n) is 16.3. The molecule has 44 heavy (non-hydrogen) atoms. The van der Waals surface area contributed by atoms with Gasteiger partial charge in [-0.1, -0.05) is 56.3 Å². The Hall–Kier alpha value is -4.31. The first-order valence-corrected chi connectivity index (χ1v) is 16.3. The van der Waals surface area contributed by atoms with Crippen molar-refractivity contribution in [3.8, 4) is 5.75 Å². The number of anilines is 2. The maximum atomic E-state index is 6.73. The Kier molecular flexibility index (Phi) is 8.61. The highest BCUT2D eigenvalue weighted by molar-refractivity contribution is 6.03. The average molecular weight is 585 g/mol. The largest absolute Gasteiger partial charge is 0.457 e. The Morgan fingerprint density at radius 3 is 2.45 bits per heavy atom. The number of nitrogens with two attached hydrogens (primary N) is 1. The van der Waals surface area contributed by atoms with Crippen molar-refractivity contribution < 1.29 is 9.31 Å². The summed E-state index contributed by atoms with van der Waals surface area (Å²) in [5.41, 5.74) is 17.3. The SMILES string of the molecule is CCCN1C(=CC=C2CCCC(C=CC3=[N+](CCC)c4ccccc4C3(C)C)=C2Oc2ccc(N)cc2)Cc2ccccc21. The summed E-state index contributed by atoms with van der Waals surface area (Å²) < 4.78 is 9.24. The summed E-state index contributed by atoms with van der Waals surface area (Å²) in [6, 6.07) is 25.4. The standard InChI is InChI=1S/C40H46N3O/c1-5-26-42-33(28-31-12-7-9-16-36(31)42)22-18-29-13-11-14-30(39(29)44-34-23-20-32(41)21-24-34)19-25-38-40(3,4)35-15-8-10-17-37(35)43(38)27-6-2/h7-10,12,15-25H,5-6,11,13-14,26-28,41H2,1-4H3/q+1. The number of ether oxygens (including phenoxy) is 1. The minimum absolute atomic E-state index is 0.0707. The van der Waals surface area contributed by atoms with Gasteiger partial charge in [0.25, 0.3) is 0 Å². The molecule has 0 bridgehead atoms. The van der Waals surface area contributed by atoms with Gasteiger partial charge in [-0.05, 0) is 98.7 Å². The molecule has 0 aromatic heterocycles. The van der Waals surface area contributed by atoms with Crippen LogP contribution < -0.4 is 15.4 Å². The molecular weight excluding hydrogens is 538 g/mol. The summed E-state index contributed by atoms with van der Waals surface area (Å²) in [6.45, 7) is 11.2. The topological polar surface area (TPSA) is 41.5 Å². The molecule has 1 aliphatic carbocycles. The maximum Gasteiger partial charge on any atom is 0.209 e. The number of nitrogens with zero attached hydrogens (tertiary/aromatic N) is 2. The molecule has 0 saturated heterocycles. The minimum Gasteiger partial charge on any atom is -0.457 e. The molecule has 4 nitrogen and oxygen atoms in total. The summed E-state index contributed by atoms with van der Waals surface area (Å²) in [5, 5.41) is 0. The van der Waals surface area contributed by atoms with Gasteiger partial charge in [-0.3, -0.25) is 0 Å². The zero-order valence-corrected chi connectivity index (χ0v) is 26.8. The van der Waals surface area contributed by atoms with Gasteiger partial charge in [-0.15, -0.1) is 0 Å². The van der Waals surface area contributed by atoms with Crippen LogP contribution >= 0.6 is 0 Å². The number of benzene rings is 3. The zero-order valence-electron chi connectivity index (χ0n) is 26.8. The second-order valence-corrected chi connectivity index (χ2v) is 12.7. The van der Waals surface area contributed by atoms with Crippen molar-refractivity contribution >= 4 is 22.8 Å². The van der Waals surface area contributed by atoms with Gasteiger partial charge in [0.05, 0.1) is 5.41 Å². The predicted octanol–water partition coefficient (Wildman–Crippen LogP) is 9.41. The lowest BCUT2D eigenvalue weighted by molar-refractivity contribution is -0.437. The van der Waals surface area contributed by atoms with E-state index in [0.717, 1.165) is 68.8 Å². The highest BCUT2D eigenvalue weighted by atomic mass is 16.5. The molecule has 0 atom stereocenters. The van der Waals surface area contributed by atoms with Crippen molar-refractivity contribution in [3.05, 3.63) is 131 Å².